The van der Waals surface area contributed by atoms with E-state index in [1.165, 1.54) is 5.56 Å². The fourth-order valence-corrected chi connectivity index (χ4v) is 4.65. The van der Waals surface area contributed by atoms with Crippen LogP contribution in [0.3, 0.4) is 0 Å². The van der Waals surface area contributed by atoms with Crippen LogP contribution in [0.15, 0.2) is 24.4 Å². The Bertz CT molecular complexity index is 885. The number of aliphatic carboxylic acids is 1. The van der Waals surface area contributed by atoms with Gasteiger partial charge in [-0.2, -0.15) is 5.10 Å². The molecule has 0 aromatic carbocycles. The summed E-state index contributed by atoms with van der Waals surface area (Å²) in [6.07, 6.45) is 6.18. The van der Waals surface area contributed by atoms with Crippen LogP contribution in [0.5, 0.6) is 0 Å². The number of fused-ring (bicyclic) bond motifs is 1. The Labute approximate surface area is 170 Å². The van der Waals surface area contributed by atoms with Gasteiger partial charge in [-0.15, -0.1) is 0 Å². The maximum absolute atomic E-state index is 12.9. The van der Waals surface area contributed by atoms with Crippen LogP contribution in [0, 0.1) is 18.8 Å². The van der Waals surface area contributed by atoms with Crippen molar-refractivity contribution in [3.05, 3.63) is 47.0 Å². The Morgan fingerprint density at radius 1 is 1.21 bits per heavy atom. The van der Waals surface area contributed by atoms with E-state index in [1.54, 1.807) is 6.20 Å². The zero-order valence-electron chi connectivity index (χ0n) is 16.9. The fourth-order valence-electron chi connectivity index (χ4n) is 4.65. The molecule has 1 aliphatic heterocycles. The topological polar surface area (TPSA) is 88.3 Å². The average Bonchev–Trinajstić information content (AvgIpc) is 3.04. The minimum Gasteiger partial charge on any atom is -0.481 e. The molecular weight excluding hydrogens is 368 g/mol. The lowest BCUT2D eigenvalue weighted by molar-refractivity contribution is -0.143. The molecule has 154 valence electrons. The highest BCUT2D eigenvalue weighted by molar-refractivity contribution is 5.77. The molecule has 2 aromatic heterocycles. The van der Waals surface area contributed by atoms with Gasteiger partial charge in [0, 0.05) is 19.2 Å². The van der Waals surface area contributed by atoms with Gasteiger partial charge in [-0.3, -0.25) is 19.3 Å². The van der Waals surface area contributed by atoms with Gasteiger partial charge in [-0.25, -0.2) is 0 Å². The molecule has 7 nitrogen and oxygen atoms in total. The van der Waals surface area contributed by atoms with Crippen molar-refractivity contribution in [2.45, 2.75) is 58.5 Å². The number of carboxylic acid groups (broad SMARTS) is 1. The Balaban J connectivity index is 1.40. The van der Waals surface area contributed by atoms with E-state index in [-0.39, 0.29) is 11.8 Å². The number of carbonyl (C=O) groups is 2. The van der Waals surface area contributed by atoms with Crippen LogP contribution in [-0.2, 0) is 29.1 Å². The molecule has 2 aliphatic rings. The van der Waals surface area contributed by atoms with Gasteiger partial charge < -0.3 is 10.0 Å². The SMILES string of the molecule is Cc1nn(Cc2ccccn2)c2c1CCN(C(=O)CC1CCC(C(=O)O)CC1)C2. The Morgan fingerprint density at radius 3 is 2.69 bits per heavy atom. The second-order valence-electron chi connectivity index (χ2n) is 8.31. The summed E-state index contributed by atoms with van der Waals surface area (Å²) in [5.41, 5.74) is 4.36. The summed E-state index contributed by atoms with van der Waals surface area (Å²) < 4.78 is 1.99. The Hall–Kier alpha value is -2.70. The van der Waals surface area contributed by atoms with Gasteiger partial charge in [-0.1, -0.05) is 6.07 Å². The van der Waals surface area contributed by atoms with E-state index in [9.17, 15) is 9.59 Å². The Kier molecular flexibility index (Phi) is 5.65. The predicted molar refractivity (Wildman–Crippen MR) is 107 cm³/mol. The van der Waals surface area contributed by atoms with Gasteiger partial charge in [-0.05, 0) is 62.6 Å². The zero-order valence-corrected chi connectivity index (χ0v) is 16.9. The van der Waals surface area contributed by atoms with Crippen molar-refractivity contribution in [3.8, 4) is 0 Å². The Morgan fingerprint density at radius 2 is 2.00 bits per heavy atom. The maximum Gasteiger partial charge on any atom is 0.306 e. The van der Waals surface area contributed by atoms with E-state index in [4.69, 9.17) is 10.2 Å². The summed E-state index contributed by atoms with van der Waals surface area (Å²) in [6.45, 7) is 3.96. The molecule has 0 bridgehead atoms. The van der Waals surface area contributed by atoms with E-state index in [1.807, 2.05) is 34.7 Å². The van der Waals surface area contributed by atoms with E-state index < -0.39 is 5.97 Å². The molecule has 0 radical (unpaired) electrons. The number of hydrogen-bond acceptors (Lipinski definition) is 4. The number of pyridine rings is 1. The number of hydrogen-bond donors (Lipinski definition) is 1. The highest BCUT2D eigenvalue weighted by Gasteiger charge is 2.30. The van der Waals surface area contributed by atoms with Gasteiger partial charge in [0.1, 0.15) is 0 Å². The summed E-state index contributed by atoms with van der Waals surface area (Å²) in [4.78, 5) is 30.4. The van der Waals surface area contributed by atoms with E-state index in [2.05, 4.69) is 4.98 Å². The van der Waals surface area contributed by atoms with Crippen LogP contribution in [0.4, 0.5) is 0 Å². The van der Waals surface area contributed by atoms with Crippen molar-refractivity contribution in [1.82, 2.24) is 19.7 Å². The predicted octanol–water partition coefficient (Wildman–Crippen LogP) is 2.80. The summed E-state index contributed by atoms with van der Waals surface area (Å²) in [5.74, 6) is -0.449. The number of amides is 1. The molecular formula is C22H28N4O3. The molecule has 1 N–H and O–H groups in total. The number of carboxylic acids is 1. The quantitative estimate of drug-likeness (QED) is 0.840. The normalized spacial score (nSPS) is 21.6. The first-order valence-corrected chi connectivity index (χ1v) is 10.5. The van der Waals surface area contributed by atoms with Crippen molar-refractivity contribution in [1.29, 1.82) is 0 Å². The monoisotopic (exact) mass is 396 g/mol. The third-order valence-electron chi connectivity index (χ3n) is 6.39. The second kappa shape index (κ2) is 8.35. The lowest BCUT2D eigenvalue weighted by Crippen LogP contribution is -2.38. The number of rotatable bonds is 5. The molecule has 1 fully saturated rings. The second-order valence-corrected chi connectivity index (χ2v) is 8.31. The number of aryl methyl sites for hydroxylation is 1. The van der Waals surface area contributed by atoms with Crippen LogP contribution in [0.2, 0.25) is 0 Å². The standard InChI is InChI=1S/C22H28N4O3/c1-15-19-9-11-25(21(27)12-16-5-7-17(8-6-16)22(28)29)14-20(19)26(24-15)13-18-4-2-3-10-23-18/h2-4,10,16-17H,5-9,11-14H2,1H3,(H,28,29). The van der Waals surface area contributed by atoms with E-state index in [0.29, 0.717) is 38.3 Å². The molecule has 2 aromatic rings. The molecule has 3 heterocycles. The van der Waals surface area contributed by atoms with Crippen molar-refractivity contribution in [3.63, 3.8) is 0 Å². The first kappa shape index (κ1) is 19.6. The van der Waals surface area contributed by atoms with Crippen molar-refractivity contribution >= 4 is 11.9 Å². The van der Waals surface area contributed by atoms with Gasteiger partial charge >= 0.3 is 5.97 Å². The van der Waals surface area contributed by atoms with Crippen molar-refractivity contribution in [2.75, 3.05) is 6.54 Å². The molecule has 1 amide bonds. The lowest BCUT2D eigenvalue weighted by Gasteiger charge is -2.31. The minimum absolute atomic E-state index is 0.178. The van der Waals surface area contributed by atoms with Crippen LogP contribution in [0.1, 0.15) is 54.7 Å². The number of nitrogens with zero attached hydrogens (tertiary/aromatic N) is 4. The molecule has 7 heteroatoms. The number of aromatic nitrogens is 3. The summed E-state index contributed by atoms with van der Waals surface area (Å²) in [5, 5.41) is 13.9. The van der Waals surface area contributed by atoms with E-state index >= 15 is 0 Å². The first-order valence-electron chi connectivity index (χ1n) is 10.5. The molecule has 0 unspecified atom stereocenters. The van der Waals surface area contributed by atoms with Crippen LogP contribution in [0.25, 0.3) is 0 Å². The molecule has 0 spiro atoms. The number of carbonyl (C=O) groups excluding carboxylic acids is 1. The molecule has 0 saturated heterocycles. The van der Waals surface area contributed by atoms with E-state index in [0.717, 1.165) is 42.9 Å². The smallest absolute Gasteiger partial charge is 0.306 e. The third-order valence-corrected chi connectivity index (χ3v) is 6.39. The van der Waals surface area contributed by atoms with Gasteiger partial charge in [0.2, 0.25) is 5.91 Å². The summed E-state index contributed by atoms with van der Waals surface area (Å²) in [6, 6.07) is 5.86. The largest absolute Gasteiger partial charge is 0.481 e. The third kappa shape index (κ3) is 4.33. The average molecular weight is 396 g/mol. The van der Waals surface area contributed by atoms with Crippen LogP contribution < -0.4 is 0 Å². The maximum atomic E-state index is 12.9. The summed E-state index contributed by atoms with van der Waals surface area (Å²) in [7, 11) is 0. The van der Waals surface area contributed by atoms with Gasteiger partial charge in [0.15, 0.2) is 0 Å². The molecule has 4 rings (SSSR count). The first-order chi connectivity index (χ1) is 14.0. The molecule has 1 aliphatic carbocycles. The van der Waals surface area contributed by atoms with Crippen LogP contribution in [-0.4, -0.2) is 43.2 Å². The molecule has 0 atom stereocenters. The van der Waals surface area contributed by atoms with Crippen molar-refractivity contribution < 1.29 is 14.7 Å². The molecule has 29 heavy (non-hydrogen) atoms. The van der Waals surface area contributed by atoms with Crippen molar-refractivity contribution in [2.24, 2.45) is 11.8 Å². The van der Waals surface area contributed by atoms with Gasteiger partial charge in [0.05, 0.1) is 36.1 Å². The van der Waals surface area contributed by atoms with Gasteiger partial charge in [0.25, 0.3) is 0 Å². The fraction of sp³-hybridized carbons (Fsp3) is 0.545. The zero-order chi connectivity index (χ0) is 20.4. The highest BCUT2D eigenvalue weighted by Crippen LogP contribution is 2.32. The molecule has 1 saturated carbocycles. The lowest BCUT2D eigenvalue weighted by atomic mass is 9.80. The highest BCUT2D eigenvalue weighted by atomic mass is 16.4. The summed E-state index contributed by atoms with van der Waals surface area (Å²) >= 11 is 0. The van der Waals surface area contributed by atoms with Crippen LogP contribution >= 0.6 is 0 Å². The minimum atomic E-state index is -0.699.